The first kappa shape index (κ1) is 13.2. The summed E-state index contributed by atoms with van der Waals surface area (Å²) in [5, 5.41) is 2.26. The Bertz CT molecular complexity index is 628. The van der Waals surface area contributed by atoms with Crippen molar-refractivity contribution in [2.75, 3.05) is 31.6 Å². The predicted octanol–water partition coefficient (Wildman–Crippen LogP) is 2.42. The first-order chi connectivity index (χ1) is 9.67. The van der Waals surface area contributed by atoms with Crippen LogP contribution in [-0.2, 0) is 0 Å². The third kappa shape index (κ3) is 2.10. The number of benzene rings is 1. The van der Waals surface area contributed by atoms with Crippen LogP contribution < -0.4 is 15.4 Å². The normalized spacial score (nSPS) is 22.4. The number of ether oxygens (including phenoxy) is 1. The minimum atomic E-state index is 0.197. The summed E-state index contributed by atoms with van der Waals surface area (Å²) >= 11 is 0. The van der Waals surface area contributed by atoms with Crippen LogP contribution in [0.1, 0.15) is 13.3 Å². The molecule has 20 heavy (non-hydrogen) atoms. The molecule has 106 valence electrons. The summed E-state index contributed by atoms with van der Waals surface area (Å²) < 4.78 is 5.44. The molecule has 2 N–H and O–H groups in total. The van der Waals surface area contributed by atoms with Crippen molar-refractivity contribution in [2.45, 2.75) is 13.3 Å². The standard InChI is InChI=1S/C16H21N3O/c1-16(10-17)7-9-19(11-16)15-13-4-3-5-14(20-2)12(13)6-8-18-15/h3-6,8H,7,9-11,17H2,1-2H3. The Balaban J connectivity index is 2.05. The molecule has 1 aliphatic heterocycles. The van der Waals surface area contributed by atoms with Crippen LogP contribution in [-0.4, -0.2) is 31.7 Å². The van der Waals surface area contributed by atoms with Gasteiger partial charge in [-0.25, -0.2) is 4.98 Å². The zero-order chi connectivity index (χ0) is 14.2. The summed E-state index contributed by atoms with van der Waals surface area (Å²) in [5.41, 5.74) is 6.10. The van der Waals surface area contributed by atoms with Gasteiger partial charge in [0, 0.05) is 30.1 Å². The van der Waals surface area contributed by atoms with Gasteiger partial charge in [0.1, 0.15) is 11.6 Å². The monoisotopic (exact) mass is 271 g/mol. The molecule has 2 aromatic rings. The molecule has 0 bridgehead atoms. The number of methoxy groups -OCH3 is 1. The molecular formula is C16H21N3O. The van der Waals surface area contributed by atoms with E-state index in [0.29, 0.717) is 0 Å². The summed E-state index contributed by atoms with van der Waals surface area (Å²) in [6.45, 7) is 4.94. The Morgan fingerprint density at radius 2 is 2.20 bits per heavy atom. The second-order valence-electron chi connectivity index (χ2n) is 5.88. The third-order valence-corrected chi connectivity index (χ3v) is 4.32. The molecule has 1 aliphatic rings. The third-order valence-electron chi connectivity index (χ3n) is 4.32. The van der Waals surface area contributed by atoms with Gasteiger partial charge in [0.05, 0.1) is 7.11 Å². The maximum absolute atomic E-state index is 5.90. The van der Waals surface area contributed by atoms with E-state index in [0.717, 1.165) is 48.4 Å². The molecule has 0 spiro atoms. The first-order valence-electron chi connectivity index (χ1n) is 7.04. The summed E-state index contributed by atoms with van der Waals surface area (Å²) in [4.78, 5) is 6.94. The molecular weight excluding hydrogens is 250 g/mol. The zero-order valence-electron chi connectivity index (χ0n) is 12.1. The molecule has 2 heterocycles. The van der Waals surface area contributed by atoms with Crippen molar-refractivity contribution in [2.24, 2.45) is 11.1 Å². The van der Waals surface area contributed by atoms with Crippen molar-refractivity contribution in [3.63, 3.8) is 0 Å². The van der Waals surface area contributed by atoms with Gasteiger partial charge in [-0.05, 0) is 30.5 Å². The van der Waals surface area contributed by atoms with Gasteiger partial charge in [-0.1, -0.05) is 19.1 Å². The molecule has 0 aliphatic carbocycles. The molecule has 0 radical (unpaired) electrons. The van der Waals surface area contributed by atoms with E-state index in [9.17, 15) is 0 Å². The molecule has 1 unspecified atom stereocenters. The van der Waals surface area contributed by atoms with Crippen LogP contribution in [0.5, 0.6) is 5.75 Å². The Labute approximate surface area is 119 Å². The number of anilines is 1. The number of fused-ring (bicyclic) bond motifs is 1. The van der Waals surface area contributed by atoms with E-state index in [1.165, 1.54) is 0 Å². The summed E-state index contributed by atoms with van der Waals surface area (Å²) in [5.74, 6) is 1.94. The quantitative estimate of drug-likeness (QED) is 0.931. The van der Waals surface area contributed by atoms with Gasteiger partial charge in [-0.15, -0.1) is 0 Å². The van der Waals surface area contributed by atoms with Gasteiger partial charge >= 0.3 is 0 Å². The number of hydrogen-bond acceptors (Lipinski definition) is 4. The number of nitrogens with two attached hydrogens (primary N) is 1. The topological polar surface area (TPSA) is 51.4 Å². The van der Waals surface area contributed by atoms with E-state index < -0.39 is 0 Å². The molecule has 4 heteroatoms. The molecule has 1 aromatic heterocycles. The van der Waals surface area contributed by atoms with Gasteiger partial charge in [0.25, 0.3) is 0 Å². The lowest BCUT2D eigenvalue weighted by Crippen LogP contribution is -2.31. The van der Waals surface area contributed by atoms with E-state index in [4.69, 9.17) is 10.5 Å². The van der Waals surface area contributed by atoms with E-state index >= 15 is 0 Å². The zero-order valence-corrected chi connectivity index (χ0v) is 12.1. The number of nitrogens with zero attached hydrogens (tertiary/aromatic N) is 2. The molecule has 1 saturated heterocycles. The van der Waals surface area contributed by atoms with Crippen molar-refractivity contribution >= 4 is 16.6 Å². The summed E-state index contributed by atoms with van der Waals surface area (Å²) in [6, 6.07) is 8.12. The van der Waals surface area contributed by atoms with Crippen LogP contribution in [0.4, 0.5) is 5.82 Å². The van der Waals surface area contributed by atoms with Gasteiger partial charge in [0.15, 0.2) is 0 Å². The average molecular weight is 271 g/mol. The van der Waals surface area contributed by atoms with Gasteiger partial charge in [0.2, 0.25) is 0 Å². The lowest BCUT2D eigenvalue weighted by molar-refractivity contribution is 0.383. The molecule has 4 nitrogen and oxygen atoms in total. The minimum absolute atomic E-state index is 0.197. The molecule has 1 fully saturated rings. The van der Waals surface area contributed by atoms with E-state index in [2.05, 4.69) is 22.9 Å². The highest BCUT2D eigenvalue weighted by Crippen LogP contribution is 2.36. The van der Waals surface area contributed by atoms with E-state index in [1.54, 1.807) is 7.11 Å². The molecule has 0 saturated carbocycles. The van der Waals surface area contributed by atoms with E-state index in [-0.39, 0.29) is 5.41 Å². The van der Waals surface area contributed by atoms with Crippen molar-refractivity contribution < 1.29 is 4.74 Å². The Kier molecular flexibility index (Phi) is 3.26. The van der Waals surface area contributed by atoms with Crippen LogP contribution in [0.2, 0.25) is 0 Å². The fraction of sp³-hybridized carbons (Fsp3) is 0.438. The van der Waals surface area contributed by atoms with Crippen molar-refractivity contribution in [1.29, 1.82) is 0 Å². The number of aromatic nitrogens is 1. The smallest absolute Gasteiger partial charge is 0.136 e. The summed E-state index contributed by atoms with van der Waals surface area (Å²) in [6.07, 6.45) is 2.98. The van der Waals surface area contributed by atoms with Crippen molar-refractivity contribution in [3.05, 3.63) is 30.5 Å². The van der Waals surface area contributed by atoms with Crippen LogP contribution in [0.3, 0.4) is 0 Å². The highest BCUT2D eigenvalue weighted by molar-refractivity contribution is 5.96. The number of hydrogen-bond donors (Lipinski definition) is 1. The number of pyridine rings is 1. The molecule has 1 aromatic carbocycles. The Morgan fingerprint density at radius 1 is 1.35 bits per heavy atom. The Hall–Kier alpha value is -1.81. The fourth-order valence-corrected chi connectivity index (χ4v) is 2.96. The first-order valence-corrected chi connectivity index (χ1v) is 7.04. The van der Waals surface area contributed by atoms with Crippen molar-refractivity contribution in [3.8, 4) is 5.75 Å². The second kappa shape index (κ2) is 4.94. The minimum Gasteiger partial charge on any atom is -0.496 e. The van der Waals surface area contributed by atoms with Gasteiger partial charge in [-0.3, -0.25) is 0 Å². The highest BCUT2D eigenvalue weighted by atomic mass is 16.5. The van der Waals surface area contributed by atoms with Crippen LogP contribution in [0, 0.1) is 5.41 Å². The SMILES string of the molecule is COc1cccc2c(N3CCC(C)(CN)C3)nccc12. The predicted molar refractivity (Wildman–Crippen MR) is 82.3 cm³/mol. The van der Waals surface area contributed by atoms with Crippen molar-refractivity contribution in [1.82, 2.24) is 4.98 Å². The molecule has 3 rings (SSSR count). The maximum atomic E-state index is 5.90. The summed E-state index contributed by atoms with van der Waals surface area (Å²) in [7, 11) is 1.70. The fourth-order valence-electron chi connectivity index (χ4n) is 2.96. The van der Waals surface area contributed by atoms with Crippen LogP contribution in [0.15, 0.2) is 30.5 Å². The van der Waals surface area contributed by atoms with Crippen LogP contribution >= 0.6 is 0 Å². The van der Waals surface area contributed by atoms with E-state index in [1.807, 2.05) is 24.4 Å². The highest BCUT2D eigenvalue weighted by Gasteiger charge is 2.33. The van der Waals surface area contributed by atoms with Crippen LogP contribution in [0.25, 0.3) is 10.8 Å². The second-order valence-corrected chi connectivity index (χ2v) is 5.88. The number of rotatable bonds is 3. The van der Waals surface area contributed by atoms with Gasteiger partial charge < -0.3 is 15.4 Å². The lowest BCUT2D eigenvalue weighted by atomic mass is 9.90. The molecule has 1 atom stereocenters. The maximum Gasteiger partial charge on any atom is 0.136 e. The molecule has 0 amide bonds. The largest absolute Gasteiger partial charge is 0.496 e. The Morgan fingerprint density at radius 3 is 2.90 bits per heavy atom. The lowest BCUT2D eigenvalue weighted by Gasteiger charge is -2.24. The van der Waals surface area contributed by atoms with Gasteiger partial charge in [-0.2, -0.15) is 0 Å². The average Bonchev–Trinajstić information content (AvgIpc) is 2.89.